The molecule has 0 radical (unpaired) electrons. The van der Waals surface area contributed by atoms with E-state index in [2.05, 4.69) is 4.90 Å². The lowest BCUT2D eigenvalue weighted by atomic mass is 9.99. The Balaban J connectivity index is 2.25. The van der Waals surface area contributed by atoms with E-state index in [1.165, 1.54) is 0 Å². The molecule has 1 aromatic carbocycles. The lowest BCUT2D eigenvalue weighted by Crippen LogP contribution is -2.47. The summed E-state index contributed by atoms with van der Waals surface area (Å²) >= 11 is 6.24. The molecule has 4 nitrogen and oxygen atoms in total. The monoisotopic (exact) mass is 302 g/mol. The molecule has 0 saturated carbocycles. The molecule has 1 aliphatic rings. The highest BCUT2D eigenvalue weighted by molar-refractivity contribution is 7.91. The molecule has 1 aliphatic heterocycles. The van der Waals surface area contributed by atoms with E-state index >= 15 is 0 Å². The van der Waals surface area contributed by atoms with Crippen LogP contribution in [0.1, 0.15) is 18.5 Å². The van der Waals surface area contributed by atoms with Crippen LogP contribution in [0.5, 0.6) is 0 Å². The molecule has 6 heteroatoms. The predicted molar refractivity (Wildman–Crippen MR) is 78.1 cm³/mol. The third-order valence-corrected chi connectivity index (χ3v) is 5.45. The minimum Gasteiger partial charge on any atom is -0.326 e. The van der Waals surface area contributed by atoms with Crippen molar-refractivity contribution in [1.82, 2.24) is 4.90 Å². The quantitative estimate of drug-likeness (QED) is 0.918. The maximum absolute atomic E-state index is 11.5. The fourth-order valence-electron chi connectivity index (χ4n) is 2.53. The molecule has 2 N–H and O–H groups in total. The van der Waals surface area contributed by atoms with Gasteiger partial charge in [-0.2, -0.15) is 0 Å². The summed E-state index contributed by atoms with van der Waals surface area (Å²) in [6, 6.07) is 7.46. The van der Waals surface area contributed by atoms with Crippen molar-refractivity contribution in [2.24, 2.45) is 5.73 Å². The molecule has 1 saturated heterocycles. The fraction of sp³-hybridized carbons (Fsp3) is 0.538. The molecule has 1 heterocycles. The number of sulfone groups is 1. The average Bonchev–Trinajstić information content (AvgIpc) is 2.33. The molecular weight excluding hydrogens is 284 g/mol. The van der Waals surface area contributed by atoms with Crippen LogP contribution in [-0.2, 0) is 9.84 Å². The van der Waals surface area contributed by atoms with Gasteiger partial charge in [0.1, 0.15) is 0 Å². The maximum Gasteiger partial charge on any atom is 0.152 e. The van der Waals surface area contributed by atoms with E-state index in [4.69, 9.17) is 17.3 Å². The maximum atomic E-state index is 11.5. The molecule has 0 spiro atoms. The highest BCUT2D eigenvalue weighted by Gasteiger charge is 2.30. The highest BCUT2D eigenvalue weighted by atomic mass is 35.5. The van der Waals surface area contributed by atoms with Gasteiger partial charge in [-0.05, 0) is 18.6 Å². The van der Waals surface area contributed by atoms with Gasteiger partial charge in [-0.1, -0.05) is 29.8 Å². The SMILES string of the molecule is CC(N)C(c1ccccc1Cl)N1CCS(=O)(=O)CC1. The Morgan fingerprint density at radius 3 is 2.37 bits per heavy atom. The van der Waals surface area contributed by atoms with E-state index in [-0.39, 0.29) is 23.6 Å². The van der Waals surface area contributed by atoms with Crippen molar-refractivity contribution in [2.45, 2.75) is 19.0 Å². The normalized spacial score (nSPS) is 22.9. The van der Waals surface area contributed by atoms with Gasteiger partial charge in [-0.25, -0.2) is 8.42 Å². The van der Waals surface area contributed by atoms with Crippen LogP contribution in [0.4, 0.5) is 0 Å². The molecule has 0 aromatic heterocycles. The Labute approximate surface area is 119 Å². The average molecular weight is 303 g/mol. The lowest BCUT2D eigenvalue weighted by molar-refractivity contribution is 0.191. The molecule has 2 atom stereocenters. The molecular formula is C13H19ClN2O2S. The van der Waals surface area contributed by atoms with Gasteiger partial charge in [0.05, 0.1) is 17.5 Å². The van der Waals surface area contributed by atoms with Crippen molar-refractivity contribution in [1.29, 1.82) is 0 Å². The number of hydrogen-bond donors (Lipinski definition) is 1. The Bertz CT molecular complexity index is 531. The van der Waals surface area contributed by atoms with Gasteiger partial charge < -0.3 is 5.73 Å². The summed E-state index contributed by atoms with van der Waals surface area (Å²) in [7, 11) is -2.88. The molecule has 2 rings (SSSR count). The van der Waals surface area contributed by atoms with Gasteiger partial charge in [0.15, 0.2) is 9.84 Å². The first-order valence-corrected chi connectivity index (χ1v) is 8.55. The van der Waals surface area contributed by atoms with Gasteiger partial charge in [0.25, 0.3) is 0 Å². The third-order valence-electron chi connectivity index (χ3n) is 3.49. The van der Waals surface area contributed by atoms with E-state index in [9.17, 15) is 8.42 Å². The Morgan fingerprint density at radius 1 is 1.26 bits per heavy atom. The van der Waals surface area contributed by atoms with Gasteiger partial charge in [0.2, 0.25) is 0 Å². The van der Waals surface area contributed by atoms with E-state index in [0.29, 0.717) is 18.1 Å². The molecule has 0 aliphatic carbocycles. The first-order chi connectivity index (χ1) is 8.91. The fourth-order valence-corrected chi connectivity index (χ4v) is 4.01. The van der Waals surface area contributed by atoms with Crippen molar-refractivity contribution in [2.75, 3.05) is 24.6 Å². The first-order valence-electron chi connectivity index (χ1n) is 6.35. The summed E-state index contributed by atoms with van der Waals surface area (Å²) in [5, 5.41) is 0.679. The number of hydrogen-bond acceptors (Lipinski definition) is 4. The molecule has 1 fully saturated rings. The van der Waals surface area contributed by atoms with E-state index in [1.54, 1.807) is 0 Å². The predicted octanol–water partition coefficient (Wildman–Crippen LogP) is 1.46. The topological polar surface area (TPSA) is 63.4 Å². The summed E-state index contributed by atoms with van der Waals surface area (Å²) in [4.78, 5) is 2.12. The van der Waals surface area contributed by atoms with Crippen molar-refractivity contribution < 1.29 is 8.42 Å². The smallest absolute Gasteiger partial charge is 0.152 e. The molecule has 1 aromatic rings. The zero-order valence-corrected chi connectivity index (χ0v) is 12.5. The molecule has 0 amide bonds. The third kappa shape index (κ3) is 3.48. The highest BCUT2D eigenvalue weighted by Crippen LogP contribution is 2.30. The Kier molecular flexibility index (Phi) is 4.50. The van der Waals surface area contributed by atoms with Crippen LogP contribution in [0.15, 0.2) is 24.3 Å². The van der Waals surface area contributed by atoms with Crippen LogP contribution in [0.2, 0.25) is 5.02 Å². The van der Waals surface area contributed by atoms with E-state index in [0.717, 1.165) is 5.56 Å². The second-order valence-corrected chi connectivity index (χ2v) is 7.72. The Hall–Kier alpha value is -0.620. The molecule has 0 bridgehead atoms. The second-order valence-electron chi connectivity index (χ2n) is 5.01. The lowest BCUT2D eigenvalue weighted by Gasteiger charge is -2.37. The van der Waals surface area contributed by atoms with Crippen LogP contribution in [-0.4, -0.2) is 44.0 Å². The number of benzene rings is 1. The van der Waals surface area contributed by atoms with Gasteiger partial charge in [-0.3, -0.25) is 4.90 Å². The van der Waals surface area contributed by atoms with Crippen molar-refractivity contribution in [3.05, 3.63) is 34.9 Å². The summed E-state index contributed by atoms with van der Waals surface area (Å²) in [5.41, 5.74) is 7.06. The number of halogens is 1. The summed E-state index contributed by atoms with van der Waals surface area (Å²) in [6.45, 7) is 2.95. The van der Waals surface area contributed by atoms with Gasteiger partial charge in [-0.15, -0.1) is 0 Å². The standard InChI is InChI=1S/C13H19ClN2O2S/c1-10(15)13(11-4-2-3-5-12(11)14)16-6-8-19(17,18)9-7-16/h2-5,10,13H,6-9,15H2,1H3. The van der Waals surface area contributed by atoms with Crippen molar-refractivity contribution in [3.8, 4) is 0 Å². The molecule has 2 unspecified atom stereocenters. The summed E-state index contributed by atoms with van der Waals surface area (Å²) in [5.74, 6) is 0.390. The van der Waals surface area contributed by atoms with Crippen LogP contribution >= 0.6 is 11.6 Å². The van der Waals surface area contributed by atoms with Crippen LogP contribution in [0.3, 0.4) is 0 Å². The number of rotatable bonds is 3. The number of nitrogens with two attached hydrogens (primary N) is 1. The summed E-state index contributed by atoms with van der Waals surface area (Å²) in [6.07, 6.45) is 0. The zero-order valence-electron chi connectivity index (χ0n) is 10.9. The van der Waals surface area contributed by atoms with E-state index in [1.807, 2.05) is 31.2 Å². The minimum atomic E-state index is -2.88. The second kappa shape index (κ2) is 5.79. The van der Waals surface area contributed by atoms with Crippen LogP contribution < -0.4 is 5.73 Å². The Morgan fingerprint density at radius 2 is 1.84 bits per heavy atom. The van der Waals surface area contributed by atoms with Crippen LogP contribution in [0.25, 0.3) is 0 Å². The first kappa shape index (κ1) is 14.8. The largest absolute Gasteiger partial charge is 0.326 e. The molecule has 19 heavy (non-hydrogen) atoms. The van der Waals surface area contributed by atoms with Crippen molar-refractivity contribution in [3.63, 3.8) is 0 Å². The van der Waals surface area contributed by atoms with Gasteiger partial charge in [0, 0.05) is 24.2 Å². The number of nitrogens with zero attached hydrogens (tertiary/aromatic N) is 1. The van der Waals surface area contributed by atoms with Crippen LogP contribution in [0, 0.1) is 0 Å². The van der Waals surface area contributed by atoms with Gasteiger partial charge >= 0.3 is 0 Å². The molecule has 106 valence electrons. The van der Waals surface area contributed by atoms with Crippen molar-refractivity contribution >= 4 is 21.4 Å². The zero-order chi connectivity index (χ0) is 14.0. The minimum absolute atomic E-state index is 0.0378. The summed E-state index contributed by atoms with van der Waals surface area (Å²) < 4.78 is 23.0. The van der Waals surface area contributed by atoms with E-state index < -0.39 is 9.84 Å².